The predicted octanol–water partition coefficient (Wildman–Crippen LogP) is 7.59. The number of fused-ring (bicyclic) bond motifs is 3. The molecule has 1 amide bonds. The van der Waals surface area contributed by atoms with E-state index in [0.29, 0.717) is 5.13 Å². The normalized spacial score (nSPS) is 11.9. The second kappa shape index (κ2) is 16.5. The maximum Gasteiger partial charge on any atom is 0.220 e. The molecule has 0 radical (unpaired) electrons. The van der Waals surface area contributed by atoms with Gasteiger partial charge in [0.15, 0.2) is 0 Å². The van der Waals surface area contributed by atoms with E-state index in [2.05, 4.69) is 46.5 Å². The van der Waals surface area contributed by atoms with Gasteiger partial charge in [-0.2, -0.15) is 25.4 Å². The molecule has 9 heteroatoms. The summed E-state index contributed by atoms with van der Waals surface area (Å²) in [5.41, 5.74) is 1.98. The Morgan fingerprint density at radius 1 is 1.19 bits per heavy atom. The van der Waals surface area contributed by atoms with Crippen molar-refractivity contribution in [3.05, 3.63) is 52.6 Å². The van der Waals surface area contributed by atoms with Crippen LogP contribution in [0.25, 0.3) is 25.7 Å². The van der Waals surface area contributed by atoms with Crippen LogP contribution in [0, 0.1) is 5.82 Å². The molecule has 1 N–H and O–H groups in total. The van der Waals surface area contributed by atoms with Gasteiger partial charge in [-0.15, -0.1) is 11.3 Å². The van der Waals surface area contributed by atoms with Crippen molar-refractivity contribution in [1.82, 2.24) is 10.3 Å². The van der Waals surface area contributed by atoms with Gasteiger partial charge in [0.25, 0.3) is 0 Å². The van der Waals surface area contributed by atoms with Crippen molar-refractivity contribution in [1.29, 1.82) is 0 Å². The van der Waals surface area contributed by atoms with Gasteiger partial charge in [-0.3, -0.25) is 4.79 Å². The molecule has 2 aromatic carbocycles. The molecule has 1 aliphatic rings. The fourth-order valence-corrected chi connectivity index (χ4v) is 3.94. The average Bonchev–Trinajstić information content (AvgIpc) is 3.21. The first-order valence-electron chi connectivity index (χ1n) is 9.82. The number of halogens is 1. The van der Waals surface area contributed by atoms with Crippen molar-refractivity contribution in [2.45, 2.75) is 46.5 Å². The quantitative estimate of drug-likeness (QED) is 0.251. The molecular weight excluding hydrogens is 621 g/mol. The number of hydrogen-bond donors (Lipinski definition) is 3. The van der Waals surface area contributed by atoms with Crippen LogP contribution < -0.4 is 5.32 Å². The third-order valence-electron chi connectivity index (χ3n) is 4.03. The smallest absolute Gasteiger partial charge is 0.220 e. The summed E-state index contributed by atoms with van der Waals surface area (Å²) >= 11 is 8.83. The van der Waals surface area contributed by atoms with E-state index in [1.807, 2.05) is 26.0 Å². The Hall–Kier alpha value is -1.08. The van der Waals surface area contributed by atoms with Crippen molar-refractivity contribution in [2.24, 2.45) is 0 Å². The Balaban J connectivity index is 0.000000524. The van der Waals surface area contributed by atoms with Gasteiger partial charge < -0.3 is 15.0 Å². The first kappa shape index (κ1) is 29.9. The zero-order valence-electron chi connectivity index (χ0n) is 18.2. The molecule has 0 saturated heterocycles. The minimum absolute atomic E-state index is 0. The van der Waals surface area contributed by atoms with Crippen LogP contribution in [0.1, 0.15) is 46.5 Å². The van der Waals surface area contributed by atoms with Gasteiger partial charge >= 0.3 is 0 Å². The Morgan fingerprint density at radius 2 is 1.90 bits per heavy atom. The van der Waals surface area contributed by atoms with E-state index >= 15 is 0 Å². The summed E-state index contributed by atoms with van der Waals surface area (Å²) in [5, 5.41) is 5.30. The zero-order chi connectivity index (χ0) is 22.5. The molecular formula is C22H29FN3OS3W-. The van der Waals surface area contributed by atoms with Gasteiger partial charge in [0.1, 0.15) is 5.82 Å². The summed E-state index contributed by atoms with van der Waals surface area (Å²) < 4.78 is 17.8. The number of amides is 1. The maximum atomic E-state index is 13.1. The van der Waals surface area contributed by atoms with E-state index in [1.165, 1.54) is 36.3 Å². The van der Waals surface area contributed by atoms with E-state index in [-0.39, 0.29) is 32.8 Å². The summed E-state index contributed by atoms with van der Waals surface area (Å²) in [5.74, 6) is -0.177. The predicted molar refractivity (Wildman–Crippen MR) is 136 cm³/mol. The summed E-state index contributed by atoms with van der Waals surface area (Å²) in [6.07, 6.45) is 8.45. The molecule has 170 valence electrons. The number of rotatable bonds is 2. The number of allylic oxidation sites excluding steroid dienone is 2. The van der Waals surface area contributed by atoms with E-state index in [0.717, 1.165) is 39.5 Å². The molecule has 1 heterocycles. The molecule has 1 aliphatic carbocycles. The summed E-state index contributed by atoms with van der Waals surface area (Å²) in [7, 11) is 0. The van der Waals surface area contributed by atoms with Gasteiger partial charge in [-0.05, 0) is 60.4 Å². The second-order valence-corrected chi connectivity index (χ2v) is 7.21. The fourth-order valence-electron chi connectivity index (χ4n) is 2.89. The van der Waals surface area contributed by atoms with Gasteiger partial charge in [-0.25, -0.2) is 4.39 Å². The van der Waals surface area contributed by atoms with Crippen molar-refractivity contribution in [3.8, 4) is 0 Å². The number of carbonyl (C=O) groups excluding carboxylic acids is 1. The van der Waals surface area contributed by atoms with Crippen LogP contribution in [0.4, 0.5) is 9.52 Å². The first-order valence-corrected chi connectivity index (χ1v) is 11.9. The minimum Gasteiger partial charge on any atom is -0.426 e. The SMILES string of the molecule is CC.CC(=O)NC1=CCCCC1.CS.Fc1ccc2c(ccc3nc([N-]S)sc32)c1.[W]. The molecule has 3 aromatic rings. The standard InChI is InChI=1S/C11H6FN2S2.C8H13NO.C2H6.CH4S.W/c12-7-2-3-8-6(5-7)1-4-9-10(8)16-11(13-9)14-15;1-7(10)9-8-5-3-2-4-6-8;2*1-2;/h1-5H,(H-,13,14,15);5H,2-4,6H2,1H3,(H,9,10);1-2H3;2H,1H3;/q-1;;;;. The second-order valence-electron chi connectivity index (χ2n) is 6.03. The molecule has 4 rings (SSSR count). The van der Waals surface area contributed by atoms with E-state index in [4.69, 9.17) is 0 Å². The number of thiazole rings is 1. The van der Waals surface area contributed by atoms with Crippen LogP contribution in [0.3, 0.4) is 0 Å². The van der Waals surface area contributed by atoms with E-state index < -0.39 is 0 Å². The summed E-state index contributed by atoms with van der Waals surface area (Å²) in [4.78, 5) is 14.8. The maximum absolute atomic E-state index is 13.1. The monoisotopic (exact) mass is 650 g/mol. The van der Waals surface area contributed by atoms with Crippen LogP contribution in [-0.4, -0.2) is 17.1 Å². The van der Waals surface area contributed by atoms with Crippen LogP contribution in [0.5, 0.6) is 0 Å². The van der Waals surface area contributed by atoms with Crippen molar-refractivity contribution in [3.63, 3.8) is 0 Å². The number of hydrogen-bond acceptors (Lipinski definition) is 5. The van der Waals surface area contributed by atoms with Crippen molar-refractivity contribution in [2.75, 3.05) is 6.26 Å². The zero-order valence-corrected chi connectivity index (χ0v) is 23.7. The van der Waals surface area contributed by atoms with Gasteiger partial charge in [0.05, 0.1) is 0 Å². The number of aromatic nitrogens is 1. The number of nitrogens with one attached hydrogen (secondary N) is 1. The molecule has 31 heavy (non-hydrogen) atoms. The topological polar surface area (TPSA) is 56.1 Å². The number of thiol groups is 2. The van der Waals surface area contributed by atoms with E-state index in [1.54, 1.807) is 19.2 Å². The fraction of sp³-hybridized carbons (Fsp3) is 0.364. The number of carbonyl (C=O) groups is 1. The van der Waals surface area contributed by atoms with Crippen LogP contribution >= 0.6 is 36.8 Å². The van der Waals surface area contributed by atoms with E-state index in [9.17, 15) is 9.18 Å². The van der Waals surface area contributed by atoms with Gasteiger partial charge in [0.2, 0.25) is 5.91 Å². The molecule has 0 aliphatic heterocycles. The Bertz CT molecular complexity index is 979. The minimum atomic E-state index is -0.226. The third kappa shape index (κ3) is 9.52. The molecule has 0 fully saturated rings. The molecule has 0 bridgehead atoms. The van der Waals surface area contributed by atoms with Crippen molar-refractivity contribution < 1.29 is 30.3 Å². The Morgan fingerprint density at radius 3 is 2.48 bits per heavy atom. The summed E-state index contributed by atoms with van der Waals surface area (Å²) in [6, 6.07) is 8.48. The molecule has 0 atom stereocenters. The Kier molecular flexibility index (Phi) is 16.0. The molecule has 1 aromatic heterocycles. The van der Waals surface area contributed by atoms with Gasteiger partial charge in [-0.1, -0.05) is 38.1 Å². The molecule has 0 saturated carbocycles. The molecule has 4 nitrogen and oxygen atoms in total. The third-order valence-corrected chi connectivity index (χ3v) is 5.36. The van der Waals surface area contributed by atoms with Crippen LogP contribution in [0.2, 0.25) is 0 Å². The molecule has 0 spiro atoms. The average molecular weight is 651 g/mol. The molecule has 0 unspecified atom stereocenters. The van der Waals surface area contributed by atoms with Gasteiger partial charge in [0, 0.05) is 43.5 Å². The first-order chi connectivity index (χ1) is 14.6. The van der Waals surface area contributed by atoms with Crippen molar-refractivity contribution >= 4 is 68.8 Å². The Labute approximate surface area is 213 Å². The summed E-state index contributed by atoms with van der Waals surface area (Å²) in [6.45, 7) is 5.55. The van der Waals surface area contributed by atoms with Crippen LogP contribution in [0.15, 0.2) is 42.1 Å². The number of nitrogens with zero attached hydrogens (tertiary/aromatic N) is 2. The number of benzene rings is 2. The van der Waals surface area contributed by atoms with Crippen LogP contribution in [-0.2, 0) is 25.9 Å². The largest absolute Gasteiger partial charge is 0.426 e.